The van der Waals surface area contributed by atoms with Gasteiger partial charge in [-0.15, -0.1) is 0 Å². The third kappa shape index (κ3) is 3.90. The maximum atomic E-state index is 12.2. The van der Waals surface area contributed by atoms with Crippen molar-refractivity contribution in [2.24, 2.45) is 5.14 Å². The molecule has 6 nitrogen and oxygen atoms in total. The first kappa shape index (κ1) is 17.0. The van der Waals surface area contributed by atoms with E-state index in [1.165, 1.54) is 30.3 Å². The number of hydrogen-bond donors (Lipinski definition) is 2. The van der Waals surface area contributed by atoms with E-state index in [0.717, 1.165) is 12.1 Å². The fourth-order valence-corrected chi connectivity index (χ4v) is 3.67. The molecule has 0 aliphatic heterocycles. The van der Waals surface area contributed by atoms with Crippen LogP contribution in [0, 0.1) is 0 Å². The Kier molecular flexibility index (Phi) is 4.69. The molecular weight excluding hydrogens is 371 g/mol. The number of sulfonamides is 2. The largest absolute Gasteiger partial charge is 0.278 e. The minimum atomic E-state index is -3.92. The molecule has 22 heavy (non-hydrogen) atoms. The van der Waals surface area contributed by atoms with Gasteiger partial charge in [0.25, 0.3) is 10.0 Å². The minimum absolute atomic E-state index is 0.0107. The maximum Gasteiger partial charge on any atom is 0.261 e. The molecule has 0 unspecified atom stereocenters. The van der Waals surface area contributed by atoms with Crippen LogP contribution in [0.5, 0.6) is 0 Å². The fraction of sp³-hybridized carbons (Fsp3) is 0. The zero-order valence-corrected chi connectivity index (χ0v) is 14.0. The lowest BCUT2D eigenvalue weighted by Gasteiger charge is -2.10. The molecule has 0 aliphatic carbocycles. The number of hydrogen-bond acceptors (Lipinski definition) is 4. The second-order valence-corrected chi connectivity index (χ2v) is 8.33. The van der Waals surface area contributed by atoms with Crippen LogP contribution in [0.3, 0.4) is 0 Å². The molecule has 0 bridgehead atoms. The number of halogens is 2. The quantitative estimate of drug-likeness (QED) is 0.848. The van der Waals surface area contributed by atoms with Crippen molar-refractivity contribution in [3.8, 4) is 0 Å². The van der Waals surface area contributed by atoms with Crippen LogP contribution in [0.15, 0.2) is 52.3 Å². The van der Waals surface area contributed by atoms with E-state index >= 15 is 0 Å². The Labute approximate surface area is 138 Å². The van der Waals surface area contributed by atoms with Crippen molar-refractivity contribution in [1.29, 1.82) is 0 Å². The second-order valence-electron chi connectivity index (χ2n) is 4.25. The molecule has 0 aromatic heterocycles. The molecule has 0 heterocycles. The van der Waals surface area contributed by atoms with Gasteiger partial charge in [-0.05, 0) is 42.5 Å². The highest BCUT2D eigenvalue weighted by molar-refractivity contribution is 7.92. The third-order valence-electron chi connectivity index (χ3n) is 2.64. The molecule has 0 radical (unpaired) electrons. The summed E-state index contributed by atoms with van der Waals surface area (Å²) in [7, 11) is -7.79. The first-order chi connectivity index (χ1) is 10.1. The monoisotopic (exact) mass is 380 g/mol. The van der Waals surface area contributed by atoms with Crippen molar-refractivity contribution in [1.82, 2.24) is 0 Å². The van der Waals surface area contributed by atoms with Crippen molar-refractivity contribution < 1.29 is 16.8 Å². The lowest BCUT2D eigenvalue weighted by atomic mass is 10.3. The van der Waals surface area contributed by atoms with Crippen molar-refractivity contribution in [2.75, 3.05) is 4.72 Å². The van der Waals surface area contributed by atoms with Gasteiger partial charge in [0.1, 0.15) is 0 Å². The van der Waals surface area contributed by atoms with Crippen molar-refractivity contribution in [2.45, 2.75) is 9.79 Å². The van der Waals surface area contributed by atoms with Crippen LogP contribution in [0.4, 0.5) is 5.69 Å². The zero-order chi connectivity index (χ0) is 16.5. The van der Waals surface area contributed by atoms with E-state index in [4.69, 9.17) is 28.3 Å². The molecule has 0 saturated heterocycles. The Morgan fingerprint density at radius 3 is 1.91 bits per heavy atom. The van der Waals surface area contributed by atoms with Gasteiger partial charge in [-0.1, -0.05) is 23.2 Å². The summed E-state index contributed by atoms with van der Waals surface area (Å²) in [6.07, 6.45) is 0. The summed E-state index contributed by atoms with van der Waals surface area (Å²) in [6.45, 7) is 0. The van der Waals surface area contributed by atoms with Gasteiger partial charge < -0.3 is 0 Å². The fourth-order valence-electron chi connectivity index (χ4n) is 1.57. The number of benzene rings is 2. The first-order valence-corrected chi connectivity index (χ1v) is 9.49. The summed E-state index contributed by atoms with van der Waals surface area (Å²) in [5.74, 6) is 0. The van der Waals surface area contributed by atoms with Crippen LogP contribution in [0.2, 0.25) is 10.0 Å². The van der Waals surface area contributed by atoms with Crippen LogP contribution < -0.4 is 9.86 Å². The van der Waals surface area contributed by atoms with Gasteiger partial charge >= 0.3 is 0 Å². The van der Waals surface area contributed by atoms with Crippen LogP contribution in [0.25, 0.3) is 0 Å². The lowest BCUT2D eigenvalue weighted by molar-refractivity contribution is 0.597. The van der Waals surface area contributed by atoms with E-state index in [9.17, 15) is 16.8 Å². The highest BCUT2D eigenvalue weighted by Gasteiger charge is 2.17. The predicted octanol–water partition coefficient (Wildman–Crippen LogP) is 2.44. The maximum absolute atomic E-state index is 12.2. The number of anilines is 1. The topological polar surface area (TPSA) is 106 Å². The molecule has 10 heteroatoms. The number of nitrogens with one attached hydrogen (secondary N) is 1. The van der Waals surface area contributed by atoms with Crippen LogP contribution in [0.1, 0.15) is 0 Å². The number of nitrogens with two attached hydrogens (primary N) is 1. The summed E-state index contributed by atoms with van der Waals surface area (Å²) in [5, 5.41) is 5.27. The average molecular weight is 381 g/mol. The van der Waals surface area contributed by atoms with Gasteiger partial charge in [-0.3, -0.25) is 4.72 Å². The molecule has 0 fully saturated rings. The third-order valence-corrected chi connectivity index (χ3v) is 5.49. The van der Waals surface area contributed by atoms with Crippen LogP contribution >= 0.6 is 23.2 Å². The number of primary sulfonamides is 1. The van der Waals surface area contributed by atoms with Gasteiger partial charge in [0, 0.05) is 5.02 Å². The van der Waals surface area contributed by atoms with Crippen LogP contribution in [-0.2, 0) is 20.0 Å². The molecule has 0 atom stereocenters. The summed E-state index contributed by atoms with van der Waals surface area (Å²) >= 11 is 11.6. The van der Waals surface area contributed by atoms with Crippen molar-refractivity contribution >= 4 is 48.9 Å². The van der Waals surface area contributed by atoms with Gasteiger partial charge in [0.2, 0.25) is 10.0 Å². The summed E-state index contributed by atoms with van der Waals surface area (Å²) < 4.78 is 49.1. The number of rotatable bonds is 4. The molecular formula is C12H10Cl2N2O4S2. The predicted molar refractivity (Wildman–Crippen MR) is 85.1 cm³/mol. The summed E-state index contributed by atoms with van der Waals surface area (Å²) in [6, 6.07) is 8.96. The average Bonchev–Trinajstić information content (AvgIpc) is 2.40. The first-order valence-electron chi connectivity index (χ1n) is 5.70. The molecule has 0 aliphatic rings. The molecule has 0 saturated carbocycles. The Hall–Kier alpha value is -1.32. The zero-order valence-electron chi connectivity index (χ0n) is 10.8. The van der Waals surface area contributed by atoms with Gasteiger partial charge in [-0.2, -0.15) is 0 Å². The van der Waals surface area contributed by atoms with Crippen molar-refractivity contribution in [3.05, 3.63) is 52.5 Å². The van der Waals surface area contributed by atoms with Crippen LogP contribution in [-0.4, -0.2) is 16.8 Å². The SMILES string of the molecule is NS(=O)(=O)c1ccc(NS(=O)(=O)c2ccc(Cl)cc2)c(Cl)c1. The molecule has 0 amide bonds. The van der Waals surface area contributed by atoms with Gasteiger partial charge in [0.05, 0.1) is 20.5 Å². The Bertz CT molecular complexity index is 911. The summed E-state index contributed by atoms with van der Waals surface area (Å²) in [4.78, 5) is -0.226. The van der Waals surface area contributed by atoms with E-state index < -0.39 is 20.0 Å². The standard InChI is InChI=1S/C12H10Cl2N2O4S2/c13-8-1-3-9(4-2-8)22(19,20)16-12-6-5-10(7-11(12)14)21(15,17)18/h1-7,16H,(H2,15,17,18). The van der Waals surface area contributed by atoms with Crippen molar-refractivity contribution in [3.63, 3.8) is 0 Å². The smallest absolute Gasteiger partial charge is 0.261 e. The van der Waals surface area contributed by atoms with E-state index in [-0.39, 0.29) is 20.5 Å². The molecule has 2 aromatic carbocycles. The van der Waals surface area contributed by atoms with Gasteiger partial charge in [0.15, 0.2) is 0 Å². The molecule has 0 spiro atoms. The normalized spacial score (nSPS) is 12.1. The molecule has 2 aromatic rings. The van der Waals surface area contributed by atoms with E-state index in [2.05, 4.69) is 4.72 Å². The highest BCUT2D eigenvalue weighted by Crippen LogP contribution is 2.27. The molecule has 118 valence electrons. The van der Waals surface area contributed by atoms with E-state index in [1.54, 1.807) is 0 Å². The van der Waals surface area contributed by atoms with E-state index in [0.29, 0.717) is 5.02 Å². The minimum Gasteiger partial charge on any atom is -0.278 e. The lowest BCUT2D eigenvalue weighted by Crippen LogP contribution is -2.15. The second kappa shape index (κ2) is 6.05. The Morgan fingerprint density at radius 2 is 1.41 bits per heavy atom. The van der Waals surface area contributed by atoms with Gasteiger partial charge in [-0.25, -0.2) is 22.0 Å². The Balaban J connectivity index is 2.36. The van der Waals surface area contributed by atoms with E-state index in [1.807, 2.05) is 0 Å². The Morgan fingerprint density at radius 1 is 0.864 bits per heavy atom. The summed E-state index contributed by atoms with van der Waals surface area (Å²) in [5.41, 5.74) is 0.0315. The highest BCUT2D eigenvalue weighted by atomic mass is 35.5. The molecule has 3 N–H and O–H groups in total. The molecule has 2 rings (SSSR count).